The van der Waals surface area contributed by atoms with E-state index >= 15 is 0 Å². The van der Waals surface area contributed by atoms with Gasteiger partial charge in [-0.1, -0.05) is 6.07 Å². The van der Waals surface area contributed by atoms with Crippen molar-refractivity contribution in [2.75, 3.05) is 13.2 Å². The number of nitrogens with one attached hydrogen (secondary N) is 2. The highest BCUT2D eigenvalue weighted by Gasteiger charge is 2.45. The fraction of sp³-hybridized carbons (Fsp3) is 0.294. The van der Waals surface area contributed by atoms with E-state index in [-0.39, 0.29) is 24.2 Å². The first kappa shape index (κ1) is 17.0. The van der Waals surface area contributed by atoms with Crippen molar-refractivity contribution in [1.29, 1.82) is 0 Å². The Bertz CT molecular complexity index is 763. The minimum absolute atomic E-state index is 0.0582. The van der Waals surface area contributed by atoms with Crippen molar-refractivity contribution in [2.24, 2.45) is 0 Å². The summed E-state index contributed by atoms with van der Waals surface area (Å²) < 4.78 is 19.6. The molecular weight excluding hydrogens is 327 g/mol. The third-order valence-electron chi connectivity index (χ3n) is 4.18. The third-order valence-corrected chi connectivity index (χ3v) is 4.18. The summed E-state index contributed by atoms with van der Waals surface area (Å²) in [6.07, 6.45) is 3.45. The van der Waals surface area contributed by atoms with Crippen molar-refractivity contribution in [3.8, 4) is 0 Å². The molecule has 3 rings (SSSR count). The number of ether oxygens (including phenoxy) is 1. The fourth-order valence-electron chi connectivity index (χ4n) is 2.82. The first-order valence-electron chi connectivity index (χ1n) is 7.84. The predicted molar refractivity (Wildman–Crippen MR) is 85.8 cm³/mol. The topological polar surface area (TPSA) is 93.2 Å². The first-order valence-corrected chi connectivity index (χ1v) is 7.84. The van der Waals surface area contributed by atoms with Crippen LogP contribution in [-0.4, -0.2) is 35.0 Å². The Morgan fingerprint density at radius 1 is 1.04 bits per heavy atom. The molecule has 0 radical (unpaired) electrons. The van der Waals surface area contributed by atoms with Gasteiger partial charge in [-0.2, -0.15) is 0 Å². The third kappa shape index (κ3) is 3.48. The molecule has 1 aliphatic heterocycles. The molecule has 8 heteroatoms. The first-order chi connectivity index (χ1) is 12.1. The molecule has 1 saturated heterocycles. The van der Waals surface area contributed by atoms with Crippen LogP contribution in [0.1, 0.15) is 29.0 Å². The number of hydrogen-bond donors (Lipinski definition) is 2. The molecule has 2 N–H and O–H groups in total. The maximum atomic E-state index is 14.3. The van der Waals surface area contributed by atoms with Gasteiger partial charge in [0.1, 0.15) is 16.9 Å². The number of nitrogens with zero attached hydrogens (tertiary/aromatic N) is 2. The van der Waals surface area contributed by atoms with Crippen LogP contribution in [-0.2, 0) is 14.9 Å². The molecule has 0 unspecified atom stereocenters. The van der Waals surface area contributed by atoms with E-state index in [1.54, 1.807) is 12.1 Å². The average molecular weight is 344 g/mol. The van der Waals surface area contributed by atoms with Crippen LogP contribution >= 0.6 is 0 Å². The van der Waals surface area contributed by atoms with Crippen LogP contribution in [0.15, 0.2) is 42.7 Å². The number of carbonyl (C=O) groups excluding carboxylic acids is 2. The van der Waals surface area contributed by atoms with Gasteiger partial charge in [-0.3, -0.25) is 30.4 Å². The van der Waals surface area contributed by atoms with Gasteiger partial charge in [-0.05, 0) is 37.1 Å². The summed E-state index contributed by atoms with van der Waals surface area (Å²) >= 11 is 0. The van der Waals surface area contributed by atoms with E-state index in [0.29, 0.717) is 13.2 Å². The minimum Gasteiger partial charge on any atom is -0.381 e. The summed E-state index contributed by atoms with van der Waals surface area (Å²) in [6, 6.07) is 7.58. The number of amides is 2. The van der Waals surface area contributed by atoms with E-state index in [0.717, 1.165) is 0 Å². The van der Waals surface area contributed by atoms with Crippen LogP contribution in [0.3, 0.4) is 0 Å². The van der Waals surface area contributed by atoms with E-state index in [1.807, 2.05) is 0 Å². The van der Waals surface area contributed by atoms with Crippen molar-refractivity contribution < 1.29 is 18.7 Å². The van der Waals surface area contributed by atoms with E-state index in [4.69, 9.17) is 4.74 Å². The monoisotopic (exact) mass is 344 g/mol. The van der Waals surface area contributed by atoms with Crippen LogP contribution in [0, 0.1) is 5.82 Å². The summed E-state index contributed by atoms with van der Waals surface area (Å²) in [6.45, 7) is 0.606. The van der Waals surface area contributed by atoms with Gasteiger partial charge in [-0.15, -0.1) is 0 Å². The Labute approximate surface area is 143 Å². The van der Waals surface area contributed by atoms with Crippen molar-refractivity contribution in [1.82, 2.24) is 20.8 Å². The highest BCUT2D eigenvalue weighted by Crippen LogP contribution is 2.35. The molecular formula is C17H17FN4O3. The van der Waals surface area contributed by atoms with Crippen LogP contribution in [0.4, 0.5) is 4.39 Å². The number of pyridine rings is 2. The Hall–Kier alpha value is -2.87. The van der Waals surface area contributed by atoms with Crippen LogP contribution in [0.5, 0.6) is 0 Å². The van der Waals surface area contributed by atoms with Crippen molar-refractivity contribution in [2.45, 2.75) is 18.3 Å². The molecule has 0 aromatic carbocycles. The van der Waals surface area contributed by atoms with Gasteiger partial charge in [0, 0.05) is 25.6 Å². The molecule has 1 fully saturated rings. The minimum atomic E-state index is -1.19. The second-order valence-corrected chi connectivity index (χ2v) is 5.65. The lowest BCUT2D eigenvalue weighted by Crippen LogP contribution is -2.54. The maximum Gasteiger partial charge on any atom is 0.288 e. The smallest absolute Gasteiger partial charge is 0.288 e. The van der Waals surface area contributed by atoms with E-state index in [1.165, 1.54) is 30.6 Å². The quantitative estimate of drug-likeness (QED) is 0.814. The van der Waals surface area contributed by atoms with Crippen LogP contribution in [0.2, 0.25) is 0 Å². The zero-order valence-corrected chi connectivity index (χ0v) is 13.4. The molecule has 0 bridgehead atoms. The van der Waals surface area contributed by atoms with Crippen LogP contribution < -0.4 is 10.9 Å². The summed E-state index contributed by atoms with van der Waals surface area (Å²) in [4.78, 5) is 32.8. The summed E-state index contributed by atoms with van der Waals surface area (Å²) in [5, 5.41) is 0. The SMILES string of the molecule is O=C(NNC(=O)C1(c2ncccc2F)CCOCC1)c1ccccn1. The highest BCUT2D eigenvalue weighted by atomic mass is 19.1. The van der Waals surface area contributed by atoms with Gasteiger partial charge in [0.25, 0.3) is 11.8 Å². The molecule has 0 aliphatic carbocycles. The largest absolute Gasteiger partial charge is 0.381 e. The fourth-order valence-corrected chi connectivity index (χ4v) is 2.82. The van der Waals surface area contributed by atoms with Crippen LogP contribution in [0.25, 0.3) is 0 Å². The van der Waals surface area contributed by atoms with Crippen molar-refractivity contribution in [3.63, 3.8) is 0 Å². The highest BCUT2D eigenvalue weighted by molar-refractivity contribution is 5.95. The van der Waals surface area contributed by atoms with Gasteiger partial charge < -0.3 is 4.74 Å². The predicted octanol–water partition coefficient (Wildman–Crippen LogP) is 1.13. The Morgan fingerprint density at radius 2 is 1.80 bits per heavy atom. The number of carbonyl (C=O) groups is 2. The Balaban J connectivity index is 1.79. The number of hydrogen-bond acceptors (Lipinski definition) is 5. The molecule has 25 heavy (non-hydrogen) atoms. The normalized spacial score (nSPS) is 16.0. The van der Waals surface area contributed by atoms with Gasteiger partial charge in [0.2, 0.25) is 0 Å². The number of hydrazine groups is 1. The molecule has 0 atom stereocenters. The molecule has 130 valence electrons. The summed E-state index contributed by atoms with van der Waals surface area (Å²) in [7, 11) is 0. The second-order valence-electron chi connectivity index (χ2n) is 5.65. The number of rotatable bonds is 3. The lowest BCUT2D eigenvalue weighted by atomic mass is 9.76. The number of aromatic nitrogens is 2. The zero-order chi connectivity index (χ0) is 17.7. The zero-order valence-electron chi connectivity index (χ0n) is 13.4. The molecule has 0 saturated carbocycles. The lowest BCUT2D eigenvalue weighted by molar-refractivity contribution is -0.131. The molecule has 1 aliphatic rings. The second kappa shape index (κ2) is 7.35. The molecule has 7 nitrogen and oxygen atoms in total. The van der Waals surface area contributed by atoms with Gasteiger partial charge in [0.15, 0.2) is 0 Å². The molecule has 3 heterocycles. The van der Waals surface area contributed by atoms with E-state index in [2.05, 4.69) is 20.8 Å². The number of halogens is 1. The van der Waals surface area contributed by atoms with Crippen molar-refractivity contribution >= 4 is 11.8 Å². The van der Waals surface area contributed by atoms with Gasteiger partial charge in [0.05, 0.1) is 5.69 Å². The van der Waals surface area contributed by atoms with E-state index in [9.17, 15) is 14.0 Å². The summed E-state index contributed by atoms with van der Waals surface area (Å²) in [5.41, 5.74) is 3.72. The molecule has 0 spiro atoms. The van der Waals surface area contributed by atoms with Gasteiger partial charge in [-0.25, -0.2) is 4.39 Å². The molecule has 2 aromatic rings. The summed E-state index contributed by atoms with van der Waals surface area (Å²) in [5.74, 6) is -1.65. The molecule has 2 amide bonds. The van der Waals surface area contributed by atoms with Gasteiger partial charge >= 0.3 is 0 Å². The Morgan fingerprint density at radius 3 is 2.48 bits per heavy atom. The average Bonchev–Trinajstić information content (AvgIpc) is 2.67. The Kier molecular flexibility index (Phi) is 4.99. The van der Waals surface area contributed by atoms with Crippen molar-refractivity contribution in [3.05, 3.63) is 59.9 Å². The standard InChI is InChI=1S/C17H17FN4O3/c18-12-4-3-9-20-14(12)17(6-10-25-11-7-17)16(24)22-21-15(23)13-5-1-2-8-19-13/h1-5,8-9H,6-7,10-11H2,(H,21,23)(H,22,24). The van der Waals surface area contributed by atoms with E-state index < -0.39 is 23.0 Å². The maximum absolute atomic E-state index is 14.3. The molecule has 2 aromatic heterocycles. The lowest BCUT2D eigenvalue weighted by Gasteiger charge is -2.35.